The summed E-state index contributed by atoms with van der Waals surface area (Å²) in [6.07, 6.45) is 5.56. The Morgan fingerprint density at radius 2 is 1.88 bits per heavy atom. The lowest BCUT2D eigenvalue weighted by Crippen LogP contribution is -1.91. The highest BCUT2D eigenvalue weighted by Crippen LogP contribution is 2.37. The summed E-state index contributed by atoms with van der Waals surface area (Å²) in [4.78, 5) is 4.14. The SMILES string of the molecule is Clc1cccc(Oc2ccccc2C2=CC(c3cccnc3)N=N2)c1. The highest BCUT2D eigenvalue weighted by molar-refractivity contribution is 6.30. The molecule has 0 spiro atoms. The standard InChI is InChI=1S/C20H14ClN3O/c21-15-6-3-7-16(11-15)25-20-9-2-1-8-17(20)19-12-18(23-24-19)14-5-4-10-22-13-14/h1-13,18H. The van der Waals surface area contributed by atoms with E-state index in [1.165, 1.54) is 0 Å². The van der Waals surface area contributed by atoms with E-state index in [9.17, 15) is 0 Å². The molecule has 0 radical (unpaired) electrons. The van der Waals surface area contributed by atoms with Crippen molar-refractivity contribution in [3.63, 3.8) is 0 Å². The van der Waals surface area contributed by atoms with Crippen LogP contribution in [0, 0.1) is 0 Å². The van der Waals surface area contributed by atoms with Crippen molar-refractivity contribution in [1.29, 1.82) is 0 Å². The number of nitrogens with zero attached hydrogens (tertiary/aromatic N) is 3. The third-order valence-electron chi connectivity index (χ3n) is 3.82. The van der Waals surface area contributed by atoms with Gasteiger partial charge >= 0.3 is 0 Å². The molecule has 0 bridgehead atoms. The number of para-hydroxylation sites is 1. The average Bonchev–Trinajstić information content (AvgIpc) is 3.13. The second kappa shape index (κ2) is 6.87. The maximum atomic E-state index is 6.03. The van der Waals surface area contributed by atoms with Crippen molar-refractivity contribution in [1.82, 2.24) is 4.98 Å². The maximum Gasteiger partial charge on any atom is 0.136 e. The van der Waals surface area contributed by atoms with Gasteiger partial charge in [-0.25, -0.2) is 0 Å². The Bertz CT molecular complexity index is 954. The summed E-state index contributed by atoms with van der Waals surface area (Å²) in [5.74, 6) is 1.39. The Kier molecular flexibility index (Phi) is 4.27. The highest BCUT2D eigenvalue weighted by Gasteiger charge is 2.18. The van der Waals surface area contributed by atoms with E-state index in [2.05, 4.69) is 15.2 Å². The molecule has 25 heavy (non-hydrogen) atoms. The molecule has 0 aliphatic carbocycles. The molecule has 0 saturated heterocycles. The number of ether oxygens (including phenoxy) is 1. The molecule has 1 aromatic heterocycles. The van der Waals surface area contributed by atoms with E-state index in [0.717, 1.165) is 16.8 Å². The van der Waals surface area contributed by atoms with Crippen LogP contribution in [-0.4, -0.2) is 4.98 Å². The predicted octanol–water partition coefficient (Wildman–Crippen LogP) is 6.08. The molecule has 0 N–H and O–H groups in total. The van der Waals surface area contributed by atoms with Gasteiger partial charge in [-0.3, -0.25) is 4.98 Å². The number of hydrogen-bond donors (Lipinski definition) is 0. The van der Waals surface area contributed by atoms with Gasteiger partial charge in [-0.2, -0.15) is 10.2 Å². The van der Waals surface area contributed by atoms with Crippen LogP contribution in [0.3, 0.4) is 0 Å². The molecule has 5 heteroatoms. The second-order valence-electron chi connectivity index (χ2n) is 5.55. The average molecular weight is 348 g/mol. The third-order valence-corrected chi connectivity index (χ3v) is 4.05. The van der Waals surface area contributed by atoms with E-state index in [0.29, 0.717) is 16.5 Å². The molecule has 0 fully saturated rings. The van der Waals surface area contributed by atoms with Gasteiger partial charge in [0.25, 0.3) is 0 Å². The summed E-state index contributed by atoms with van der Waals surface area (Å²) in [6.45, 7) is 0. The van der Waals surface area contributed by atoms with E-state index in [1.54, 1.807) is 18.5 Å². The molecule has 1 aliphatic rings. The molecule has 4 rings (SSSR count). The molecular formula is C20H14ClN3O. The van der Waals surface area contributed by atoms with Crippen LogP contribution in [0.25, 0.3) is 5.70 Å². The van der Waals surface area contributed by atoms with E-state index in [4.69, 9.17) is 16.3 Å². The molecular weight excluding hydrogens is 334 g/mol. The number of azo groups is 1. The molecule has 3 aromatic rings. The topological polar surface area (TPSA) is 46.8 Å². The Morgan fingerprint density at radius 3 is 2.72 bits per heavy atom. The van der Waals surface area contributed by atoms with Crippen LogP contribution in [-0.2, 0) is 0 Å². The van der Waals surface area contributed by atoms with Crippen LogP contribution in [0.4, 0.5) is 0 Å². The van der Waals surface area contributed by atoms with E-state index in [1.807, 2.05) is 60.7 Å². The summed E-state index contributed by atoms with van der Waals surface area (Å²) in [6, 6.07) is 18.8. The molecule has 0 saturated carbocycles. The van der Waals surface area contributed by atoms with Crippen LogP contribution >= 0.6 is 11.6 Å². The first-order valence-electron chi connectivity index (χ1n) is 7.85. The monoisotopic (exact) mass is 347 g/mol. The molecule has 0 amide bonds. The van der Waals surface area contributed by atoms with Crippen molar-refractivity contribution in [2.45, 2.75) is 6.04 Å². The quantitative estimate of drug-likeness (QED) is 0.574. The van der Waals surface area contributed by atoms with Crippen molar-refractivity contribution >= 4 is 17.3 Å². The first kappa shape index (κ1) is 15.5. The predicted molar refractivity (Wildman–Crippen MR) is 97.8 cm³/mol. The molecule has 1 atom stereocenters. The van der Waals surface area contributed by atoms with Gasteiger partial charge in [0, 0.05) is 28.5 Å². The Labute approximate surface area is 150 Å². The molecule has 4 nitrogen and oxygen atoms in total. The first-order chi connectivity index (χ1) is 12.3. The van der Waals surface area contributed by atoms with E-state index in [-0.39, 0.29) is 6.04 Å². The summed E-state index contributed by atoms with van der Waals surface area (Å²) in [5, 5.41) is 9.31. The zero-order chi connectivity index (χ0) is 17.1. The first-order valence-corrected chi connectivity index (χ1v) is 8.23. The summed E-state index contributed by atoms with van der Waals surface area (Å²) < 4.78 is 6.00. The lowest BCUT2D eigenvalue weighted by Gasteiger charge is -2.10. The third kappa shape index (κ3) is 3.44. The minimum Gasteiger partial charge on any atom is -0.457 e. The summed E-state index contributed by atoms with van der Waals surface area (Å²) in [5.41, 5.74) is 2.68. The van der Waals surface area contributed by atoms with Gasteiger partial charge in [-0.15, -0.1) is 0 Å². The van der Waals surface area contributed by atoms with Gasteiger partial charge in [-0.05, 0) is 42.5 Å². The maximum absolute atomic E-state index is 6.03. The largest absolute Gasteiger partial charge is 0.457 e. The minimum absolute atomic E-state index is 0.122. The lowest BCUT2D eigenvalue weighted by atomic mass is 10.1. The second-order valence-corrected chi connectivity index (χ2v) is 5.99. The smallest absolute Gasteiger partial charge is 0.136 e. The van der Waals surface area contributed by atoms with Crippen molar-refractivity contribution in [3.05, 3.63) is 95.3 Å². The Balaban J connectivity index is 1.65. The normalized spacial score (nSPS) is 15.9. The van der Waals surface area contributed by atoms with Gasteiger partial charge in [0.05, 0.1) is 5.70 Å². The fourth-order valence-electron chi connectivity index (χ4n) is 2.62. The number of aromatic nitrogens is 1. The van der Waals surface area contributed by atoms with Gasteiger partial charge in [0.15, 0.2) is 0 Å². The van der Waals surface area contributed by atoms with Crippen LogP contribution < -0.4 is 4.74 Å². The molecule has 2 heterocycles. The van der Waals surface area contributed by atoms with Gasteiger partial charge in [0.1, 0.15) is 17.5 Å². The number of benzene rings is 2. The van der Waals surface area contributed by atoms with Crippen molar-refractivity contribution < 1.29 is 4.74 Å². The molecule has 1 aliphatic heterocycles. The van der Waals surface area contributed by atoms with E-state index < -0.39 is 0 Å². The Hall–Kier alpha value is -2.98. The lowest BCUT2D eigenvalue weighted by molar-refractivity contribution is 0.481. The van der Waals surface area contributed by atoms with Crippen LogP contribution in [0.1, 0.15) is 17.2 Å². The number of halogens is 1. The fourth-order valence-corrected chi connectivity index (χ4v) is 2.80. The van der Waals surface area contributed by atoms with Crippen molar-refractivity contribution in [3.8, 4) is 11.5 Å². The molecule has 2 aromatic carbocycles. The number of hydrogen-bond acceptors (Lipinski definition) is 4. The van der Waals surface area contributed by atoms with Crippen LogP contribution in [0.15, 0.2) is 89.4 Å². The molecule has 122 valence electrons. The zero-order valence-corrected chi connectivity index (χ0v) is 14.0. The summed E-state index contributed by atoms with van der Waals surface area (Å²) >= 11 is 6.03. The van der Waals surface area contributed by atoms with Crippen molar-refractivity contribution in [2.75, 3.05) is 0 Å². The number of pyridine rings is 1. The minimum atomic E-state index is -0.122. The Morgan fingerprint density at radius 1 is 0.960 bits per heavy atom. The fraction of sp³-hybridized carbons (Fsp3) is 0.0500. The molecule has 1 unspecified atom stereocenters. The van der Waals surface area contributed by atoms with E-state index >= 15 is 0 Å². The zero-order valence-electron chi connectivity index (χ0n) is 13.2. The van der Waals surface area contributed by atoms with Crippen LogP contribution in [0.2, 0.25) is 5.02 Å². The van der Waals surface area contributed by atoms with Crippen LogP contribution in [0.5, 0.6) is 11.5 Å². The summed E-state index contributed by atoms with van der Waals surface area (Å²) in [7, 11) is 0. The van der Waals surface area contributed by atoms with Crippen molar-refractivity contribution in [2.24, 2.45) is 10.2 Å². The highest BCUT2D eigenvalue weighted by atomic mass is 35.5. The van der Waals surface area contributed by atoms with Gasteiger partial charge in [0.2, 0.25) is 0 Å². The van der Waals surface area contributed by atoms with Gasteiger partial charge < -0.3 is 4.74 Å². The van der Waals surface area contributed by atoms with Gasteiger partial charge in [-0.1, -0.05) is 35.9 Å². The number of rotatable bonds is 4.